The molecule has 0 amide bonds. The number of aliphatic hydroxyl groups excluding tert-OH is 2. The maximum Gasteiger partial charge on any atom is 0.302 e. The molecule has 6 nitrogen and oxygen atoms in total. The van der Waals surface area contributed by atoms with Crippen LogP contribution in [0.1, 0.15) is 73.1 Å². The van der Waals surface area contributed by atoms with E-state index in [4.69, 9.17) is 14.6 Å². The normalized spacial score (nSPS) is 25.1. The molecule has 28 heavy (non-hydrogen) atoms. The monoisotopic (exact) mass is 398 g/mol. The molecule has 162 valence electrons. The van der Waals surface area contributed by atoms with Gasteiger partial charge in [-0.15, -0.1) is 0 Å². The first-order valence-electron chi connectivity index (χ1n) is 10.1. The van der Waals surface area contributed by atoms with E-state index < -0.39 is 17.3 Å². The van der Waals surface area contributed by atoms with Crippen LogP contribution in [-0.2, 0) is 14.3 Å². The first-order chi connectivity index (χ1) is 13.0. The molecule has 1 aliphatic heterocycles. The predicted octanol–water partition coefficient (Wildman–Crippen LogP) is 3.04. The predicted molar refractivity (Wildman–Crippen MR) is 109 cm³/mol. The van der Waals surface area contributed by atoms with Crippen LogP contribution in [0.25, 0.3) is 0 Å². The second-order valence-electron chi connectivity index (χ2n) is 8.58. The molecule has 0 unspecified atom stereocenters. The zero-order chi connectivity index (χ0) is 21.4. The Morgan fingerprint density at radius 1 is 1.32 bits per heavy atom. The third kappa shape index (κ3) is 8.43. The van der Waals surface area contributed by atoms with Crippen molar-refractivity contribution in [2.75, 3.05) is 13.2 Å². The molecule has 1 heterocycles. The molecule has 3 N–H and O–H groups in total. The van der Waals surface area contributed by atoms with Gasteiger partial charge in [0.25, 0.3) is 0 Å². The number of allylic oxidation sites excluding steroid dienone is 2. The smallest absolute Gasteiger partial charge is 0.302 e. The topological polar surface area (TPSA) is 96.2 Å². The van der Waals surface area contributed by atoms with E-state index in [0.717, 1.165) is 24.0 Å². The zero-order valence-electron chi connectivity index (χ0n) is 18.0. The van der Waals surface area contributed by atoms with Crippen LogP contribution in [0.5, 0.6) is 0 Å². The molecule has 0 spiro atoms. The van der Waals surface area contributed by atoms with Gasteiger partial charge in [0, 0.05) is 6.92 Å². The largest absolute Gasteiger partial charge is 0.461 e. The molecule has 3 atom stereocenters. The summed E-state index contributed by atoms with van der Waals surface area (Å²) in [6, 6.07) is 0. The minimum Gasteiger partial charge on any atom is -0.461 e. The van der Waals surface area contributed by atoms with Crippen LogP contribution >= 0.6 is 0 Å². The Bertz CT molecular complexity index is 560. The highest BCUT2D eigenvalue weighted by Gasteiger charge is 2.46. The van der Waals surface area contributed by atoms with E-state index in [9.17, 15) is 15.0 Å². The van der Waals surface area contributed by atoms with E-state index in [1.165, 1.54) is 6.92 Å². The number of carbonyl (C=O) groups is 1. The summed E-state index contributed by atoms with van der Waals surface area (Å²) in [5.41, 5.74) is 0.456. The van der Waals surface area contributed by atoms with Crippen molar-refractivity contribution in [3.8, 4) is 0 Å². The summed E-state index contributed by atoms with van der Waals surface area (Å²) in [7, 11) is 0. The molecular formula is C22H38O6. The highest BCUT2D eigenvalue weighted by Crippen LogP contribution is 2.38. The molecule has 0 aromatic carbocycles. The summed E-state index contributed by atoms with van der Waals surface area (Å²) in [5.74, 6) is -0.332. The van der Waals surface area contributed by atoms with Gasteiger partial charge in [-0.2, -0.15) is 0 Å². The van der Waals surface area contributed by atoms with Crippen LogP contribution in [0.3, 0.4) is 0 Å². The third-order valence-corrected chi connectivity index (χ3v) is 5.42. The van der Waals surface area contributed by atoms with Crippen molar-refractivity contribution >= 4 is 5.97 Å². The van der Waals surface area contributed by atoms with Crippen LogP contribution in [0, 0.1) is 0 Å². The highest BCUT2D eigenvalue weighted by molar-refractivity contribution is 5.66. The Balaban J connectivity index is 2.65. The van der Waals surface area contributed by atoms with Gasteiger partial charge in [0.05, 0.1) is 30.0 Å². The van der Waals surface area contributed by atoms with Crippen molar-refractivity contribution in [1.82, 2.24) is 0 Å². The summed E-state index contributed by atoms with van der Waals surface area (Å²) in [6.07, 6.45) is 6.96. The Kier molecular flexibility index (Phi) is 9.84. The number of hydrogen-bond donors (Lipinski definition) is 3. The molecule has 1 rings (SSSR count). The van der Waals surface area contributed by atoms with E-state index >= 15 is 0 Å². The molecule has 0 aliphatic carbocycles. The van der Waals surface area contributed by atoms with Crippen LogP contribution in [0.2, 0.25) is 0 Å². The van der Waals surface area contributed by atoms with Crippen molar-refractivity contribution < 1.29 is 29.6 Å². The number of ether oxygens (including phenoxy) is 2. The lowest BCUT2D eigenvalue weighted by molar-refractivity contribution is -0.154. The molecule has 0 aromatic rings. The van der Waals surface area contributed by atoms with Crippen LogP contribution < -0.4 is 0 Å². The molecular weight excluding hydrogens is 360 g/mol. The standard InChI is InChI=1S/C22H38O6/c1-16(12-14-23)7-6-8-18(15-27-17(2)24)9-10-19(25)22(5)13-11-20(28-22)21(3,4)26/h8,12,19-20,23,25-26H,6-7,9-11,13-15H2,1-5H3/b16-12-,18-8-/t19-,20+,22+/m0/s1. The van der Waals surface area contributed by atoms with Gasteiger partial charge < -0.3 is 24.8 Å². The fourth-order valence-corrected chi connectivity index (χ4v) is 3.42. The summed E-state index contributed by atoms with van der Waals surface area (Å²) < 4.78 is 11.2. The minimum absolute atomic E-state index is 0.0340. The van der Waals surface area contributed by atoms with Crippen LogP contribution in [0.4, 0.5) is 0 Å². The summed E-state index contributed by atoms with van der Waals surface area (Å²) in [4.78, 5) is 11.2. The van der Waals surface area contributed by atoms with Crippen molar-refractivity contribution in [1.29, 1.82) is 0 Å². The number of rotatable bonds is 11. The Labute approximate surface area is 169 Å². The Morgan fingerprint density at radius 3 is 2.54 bits per heavy atom. The van der Waals surface area contributed by atoms with Gasteiger partial charge >= 0.3 is 5.97 Å². The lowest BCUT2D eigenvalue weighted by atomic mass is 9.90. The molecule has 0 aromatic heterocycles. The molecule has 1 aliphatic rings. The number of aliphatic hydroxyl groups is 3. The van der Waals surface area contributed by atoms with Gasteiger partial charge in [-0.25, -0.2) is 0 Å². The quantitative estimate of drug-likeness (QED) is 0.366. The maximum absolute atomic E-state index is 11.2. The third-order valence-electron chi connectivity index (χ3n) is 5.42. The SMILES string of the molecule is CC(=O)OC/C(=C\CC/C(C)=C\CO)CC[C@H](O)[C@@]1(C)CC[C@H](C(C)(C)O)O1. The molecule has 0 bridgehead atoms. The van der Waals surface area contributed by atoms with Gasteiger partial charge in [-0.05, 0) is 71.8 Å². The summed E-state index contributed by atoms with van der Waals surface area (Å²) in [6.45, 7) is 8.94. The van der Waals surface area contributed by atoms with Crippen molar-refractivity contribution in [3.05, 3.63) is 23.3 Å². The van der Waals surface area contributed by atoms with Gasteiger partial charge in [0.15, 0.2) is 0 Å². The average Bonchev–Trinajstić information content (AvgIpc) is 3.00. The zero-order valence-corrected chi connectivity index (χ0v) is 18.0. The number of carbonyl (C=O) groups excluding carboxylic acids is 1. The number of esters is 1. The van der Waals surface area contributed by atoms with Crippen molar-refractivity contribution in [2.24, 2.45) is 0 Å². The summed E-state index contributed by atoms with van der Waals surface area (Å²) >= 11 is 0. The lowest BCUT2D eigenvalue weighted by Gasteiger charge is -2.33. The minimum atomic E-state index is -0.933. The number of hydrogen-bond acceptors (Lipinski definition) is 6. The van der Waals surface area contributed by atoms with E-state index in [0.29, 0.717) is 25.7 Å². The van der Waals surface area contributed by atoms with Crippen molar-refractivity contribution in [2.45, 2.75) is 96.6 Å². The Hall–Kier alpha value is -1.21. The molecule has 1 fully saturated rings. The molecule has 0 saturated carbocycles. The van der Waals surface area contributed by atoms with Gasteiger partial charge in [0.1, 0.15) is 6.61 Å². The van der Waals surface area contributed by atoms with Gasteiger partial charge in [0.2, 0.25) is 0 Å². The van der Waals surface area contributed by atoms with E-state index in [-0.39, 0.29) is 25.3 Å². The average molecular weight is 399 g/mol. The first-order valence-corrected chi connectivity index (χ1v) is 10.1. The second-order valence-corrected chi connectivity index (χ2v) is 8.58. The molecule has 1 saturated heterocycles. The van der Waals surface area contributed by atoms with E-state index in [2.05, 4.69) is 0 Å². The second kappa shape index (κ2) is 11.1. The van der Waals surface area contributed by atoms with Gasteiger partial charge in [-0.1, -0.05) is 17.7 Å². The fourth-order valence-electron chi connectivity index (χ4n) is 3.42. The lowest BCUT2D eigenvalue weighted by Crippen LogP contribution is -2.43. The van der Waals surface area contributed by atoms with E-state index in [1.54, 1.807) is 19.9 Å². The Morgan fingerprint density at radius 2 is 2.00 bits per heavy atom. The maximum atomic E-state index is 11.2. The molecule has 0 radical (unpaired) electrons. The summed E-state index contributed by atoms with van der Waals surface area (Å²) in [5, 5.41) is 29.8. The van der Waals surface area contributed by atoms with Crippen LogP contribution in [0.15, 0.2) is 23.3 Å². The van der Waals surface area contributed by atoms with Crippen LogP contribution in [-0.4, -0.2) is 57.9 Å². The van der Waals surface area contributed by atoms with E-state index in [1.807, 2.05) is 19.9 Å². The first kappa shape index (κ1) is 24.8. The van der Waals surface area contributed by atoms with Crippen molar-refractivity contribution in [3.63, 3.8) is 0 Å². The highest BCUT2D eigenvalue weighted by atomic mass is 16.5. The fraction of sp³-hybridized carbons (Fsp3) is 0.773. The molecule has 6 heteroatoms. The van der Waals surface area contributed by atoms with Gasteiger partial charge in [-0.3, -0.25) is 4.79 Å².